The monoisotopic (exact) mass is 218 g/mol. The summed E-state index contributed by atoms with van der Waals surface area (Å²) in [7, 11) is 0. The molecule has 2 aromatic rings. The molecular formula is C12H11FN2O. The van der Waals surface area contributed by atoms with Crippen molar-refractivity contribution in [2.24, 2.45) is 0 Å². The third-order valence-corrected chi connectivity index (χ3v) is 3.09. The molecule has 0 fully saturated rings. The van der Waals surface area contributed by atoms with Crippen LogP contribution >= 0.6 is 0 Å². The first-order chi connectivity index (χ1) is 7.66. The average Bonchev–Trinajstić information content (AvgIpc) is 2.63. The van der Waals surface area contributed by atoms with Crippen LogP contribution in [0.3, 0.4) is 0 Å². The molecule has 0 aliphatic carbocycles. The van der Waals surface area contributed by atoms with Crippen molar-refractivity contribution in [1.29, 1.82) is 0 Å². The molecule has 4 heteroatoms. The molecule has 2 heterocycles. The van der Waals surface area contributed by atoms with Crippen LogP contribution in [0.2, 0.25) is 0 Å². The molecule has 1 amide bonds. The van der Waals surface area contributed by atoms with Crippen LogP contribution in [0.1, 0.15) is 28.9 Å². The van der Waals surface area contributed by atoms with Crippen LogP contribution in [0, 0.1) is 5.82 Å². The van der Waals surface area contributed by atoms with Gasteiger partial charge < -0.3 is 10.3 Å². The van der Waals surface area contributed by atoms with E-state index in [1.54, 1.807) is 6.07 Å². The van der Waals surface area contributed by atoms with Gasteiger partial charge in [-0.05, 0) is 23.8 Å². The lowest BCUT2D eigenvalue weighted by molar-refractivity contribution is 0.0937. The summed E-state index contributed by atoms with van der Waals surface area (Å²) in [6.45, 7) is 2.63. The maximum atomic E-state index is 13.2. The Morgan fingerprint density at radius 2 is 2.25 bits per heavy atom. The van der Waals surface area contributed by atoms with Crippen LogP contribution in [-0.4, -0.2) is 17.4 Å². The van der Waals surface area contributed by atoms with Crippen LogP contribution in [-0.2, 0) is 0 Å². The summed E-state index contributed by atoms with van der Waals surface area (Å²) in [5.41, 5.74) is 2.31. The van der Waals surface area contributed by atoms with E-state index in [1.165, 1.54) is 12.1 Å². The summed E-state index contributed by atoms with van der Waals surface area (Å²) in [6.07, 6.45) is 0. The number of nitrogens with one attached hydrogen (secondary N) is 2. The van der Waals surface area contributed by atoms with Crippen molar-refractivity contribution in [1.82, 2.24) is 10.3 Å². The summed E-state index contributed by atoms with van der Waals surface area (Å²) in [5.74, 6) is -0.166. The van der Waals surface area contributed by atoms with Gasteiger partial charge in [0.25, 0.3) is 5.91 Å². The number of hydrogen-bond donors (Lipinski definition) is 2. The maximum absolute atomic E-state index is 13.2. The van der Waals surface area contributed by atoms with Crippen molar-refractivity contribution in [3.05, 3.63) is 35.3 Å². The minimum absolute atomic E-state index is 0.107. The molecule has 0 bridgehead atoms. The predicted octanol–water partition coefficient (Wildman–Crippen LogP) is 2.15. The zero-order valence-corrected chi connectivity index (χ0v) is 8.80. The van der Waals surface area contributed by atoms with Crippen LogP contribution in [0.5, 0.6) is 0 Å². The summed E-state index contributed by atoms with van der Waals surface area (Å²) >= 11 is 0. The number of aromatic nitrogens is 1. The van der Waals surface area contributed by atoms with E-state index in [0.29, 0.717) is 12.2 Å². The normalized spacial score (nSPS) is 19.6. The molecule has 3 nitrogen and oxygen atoms in total. The second-order valence-corrected chi connectivity index (χ2v) is 4.21. The van der Waals surface area contributed by atoms with Gasteiger partial charge >= 0.3 is 0 Å². The predicted molar refractivity (Wildman–Crippen MR) is 59.0 cm³/mol. The lowest BCUT2D eigenvalue weighted by Gasteiger charge is -2.19. The van der Waals surface area contributed by atoms with Gasteiger partial charge in [0, 0.05) is 23.4 Å². The highest BCUT2D eigenvalue weighted by Crippen LogP contribution is 2.31. The highest BCUT2D eigenvalue weighted by atomic mass is 19.1. The molecule has 0 radical (unpaired) electrons. The first kappa shape index (κ1) is 9.39. The quantitative estimate of drug-likeness (QED) is 0.699. The minimum Gasteiger partial charge on any atom is -0.350 e. The number of fused-ring (bicyclic) bond motifs is 3. The Kier molecular flexibility index (Phi) is 1.80. The summed E-state index contributed by atoms with van der Waals surface area (Å²) in [6, 6.07) is 4.55. The third kappa shape index (κ3) is 1.16. The highest BCUT2D eigenvalue weighted by Gasteiger charge is 2.26. The Balaban J connectivity index is 2.38. The Morgan fingerprint density at radius 1 is 1.44 bits per heavy atom. The first-order valence-electron chi connectivity index (χ1n) is 5.26. The molecule has 3 rings (SSSR count). The molecule has 82 valence electrons. The number of carbonyl (C=O) groups excluding carboxylic acids is 1. The molecular weight excluding hydrogens is 207 g/mol. The van der Waals surface area contributed by atoms with Gasteiger partial charge in [-0.25, -0.2) is 4.39 Å². The first-order valence-corrected chi connectivity index (χ1v) is 5.26. The molecule has 0 saturated heterocycles. The number of H-pyrrole nitrogens is 1. The fraction of sp³-hybridized carbons (Fsp3) is 0.250. The van der Waals surface area contributed by atoms with Crippen LogP contribution < -0.4 is 5.32 Å². The maximum Gasteiger partial charge on any atom is 0.268 e. The van der Waals surface area contributed by atoms with Crippen molar-refractivity contribution in [3.8, 4) is 0 Å². The number of carbonyl (C=O) groups is 1. The largest absolute Gasteiger partial charge is 0.350 e. The Bertz CT molecular complexity index is 588. The zero-order chi connectivity index (χ0) is 11.3. The summed E-state index contributed by atoms with van der Waals surface area (Å²) in [5, 5.41) is 3.62. The van der Waals surface area contributed by atoms with Gasteiger partial charge in [-0.15, -0.1) is 0 Å². The smallest absolute Gasteiger partial charge is 0.268 e. The van der Waals surface area contributed by atoms with E-state index >= 15 is 0 Å². The molecule has 1 atom stereocenters. The standard InChI is InChI=1S/C12H11FN2O/c1-6-5-14-12(16)11-10(6)8-4-7(13)2-3-9(8)15-11/h2-4,6,15H,5H2,1H3,(H,14,16). The number of halogens is 1. The van der Waals surface area contributed by atoms with E-state index in [-0.39, 0.29) is 17.6 Å². The number of amides is 1. The van der Waals surface area contributed by atoms with E-state index in [4.69, 9.17) is 0 Å². The van der Waals surface area contributed by atoms with E-state index < -0.39 is 0 Å². The van der Waals surface area contributed by atoms with E-state index in [9.17, 15) is 9.18 Å². The molecule has 1 aromatic heterocycles. The molecule has 2 N–H and O–H groups in total. The SMILES string of the molecule is CC1CNC(=O)c2[nH]c3ccc(F)cc3c21. The van der Waals surface area contributed by atoms with Gasteiger partial charge in [0.1, 0.15) is 11.5 Å². The van der Waals surface area contributed by atoms with E-state index in [1.807, 2.05) is 6.92 Å². The van der Waals surface area contributed by atoms with Gasteiger partial charge in [0.05, 0.1) is 0 Å². The van der Waals surface area contributed by atoms with Gasteiger partial charge in [-0.2, -0.15) is 0 Å². The fourth-order valence-electron chi connectivity index (χ4n) is 2.31. The topological polar surface area (TPSA) is 44.9 Å². The molecule has 1 aromatic carbocycles. The number of rotatable bonds is 0. The number of aromatic amines is 1. The Labute approximate surface area is 91.7 Å². The molecule has 1 aliphatic rings. The van der Waals surface area contributed by atoms with Gasteiger partial charge in [0.2, 0.25) is 0 Å². The lowest BCUT2D eigenvalue weighted by Crippen LogP contribution is -2.33. The van der Waals surface area contributed by atoms with Gasteiger partial charge in [-0.1, -0.05) is 6.92 Å². The second-order valence-electron chi connectivity index (χ2n) is 4.21. The van der Waals surface area contributed by atoms with Crippen molar-refractivity contribution in [2.75, 3.05) is 6.54 Å². The molecule has 1 unspecified atom stereocenters. The van der Waals surface area contributed by atoms with Crippen molar-refractivity contribution in [3.63, 3.8) is 0 Å². The molecule has 0 spiro atoms. The minimum atomic E-state index is -0.271. The van der Waals surface area contributed by atoms with Gasteiger partial charge in [0.15, 0.2) is 0 Å². The molecule has 1 aliphatic heterocycles. The summed E-state index contributed by atoms with van der Waals surface area (Å²) in [4.78, 5) is 14.7. The van der Waals surface area contributed by atoms with Crippen molar-refractivity contribution in [2.45, 2.75) is 12.8 Å². The summed E-state index contributed by atoms with van der Waals surface area (Å²) < 4.78 is 13.2. The van der Waals surface area contributed by atoms with Gasteiger partial charge in [-0.3, -0.25) is 4.79 Å². The Morgan fingerprint density at radius 3 is 3.06 bits per heavy atom. The zero-order valence-electron chi connectivity index (χ0n) is 8.80. The fourth-order valence-corrected chi connectivity index (χ4v) is 2.31. The van der Waals surface area contributed by atoms with Crippen molar-refractivity contribution < 1.29 is 9.18 Å². The third-order valence-electron chi connectivity index (χ3n) is 3.09. The van der Waals surface area contributed by atoms with E-state index in [0.717, 1.165) is 16.5 Å². The lowest BCUT2D eigenvalue weighted by atomic mass is 9.94. The number of benzene rings is 1. The van der Waals surface area contributed by atoms with E-state index in [2.05, 4.69) is 10.3 Å². The average molecular weight is 218 g/mol. The number of hydrogen-bond acceptors (Lipinski definition) is 1. The Hall–Kier alpha value is -1.84. The van der Waals surface area contributed by atoms with Crippen molar-refractivity contribution >= 4 is 16.8 Å². The van der Waals surface area contributed by atoms with Crippen LogP contribution in [0.15, 0.2) is 18.2 Å². The van der Waals surface area contributed by atoms with Crippen LogP contribution in [0.25, 0.3) is 10.9 Å². The molecule has 16 heavy (non-hydrogen) atoms. The highest BCUT2D eigenvalue weighted by molar-refractivity contribution is 6.02. The molecule has 0 saturated carbocycles. The second kappa shape index (κ2) is 3.07. The van der Waals surface area contributed by atoms with Crippen LogP contribution in [0.4, 0.5) is 4.39 Å².